The van der Waals surface area contributed by atoms with Crippen LogP contribution in [-0.4, -0.2) is 44.1 Å². The number of amides is 1. The van der Waals surface area contributed by atoms with E-state index in [4.69, 9.17) is 4.74 Å². The molecule has 0 N–H and O–H groups in total. The molecule has 1 heterocycles. The average molecular weight is 364 g/mol. The number of benzene rings is 2. The number of anilines is 1. The molecule has 0 aromatic heterocycles. The minimum atomic E-state index is 0.158. The maximum atomic E-state index is 12.9. The van der Waals surface area contributed by atoms with Crippen molar-refractivity contribution >= 4 is 11.6 Å². The van der Waals surface area contributed by atoms with Gasteiger partial charge < -0.3 is 14.5 Å². The van der Waals surface area contributed by atoms with E-state index in [1.807, 2.05) is 12.1 Å². The molecular formula is C23H28N2O2. The Morgan fingerprint density at radius 1 is 1.00 bits per heavy atom. The minimum Gasteiger partial charge on any atom is -0.497 e. The maximum absolute atomic E-state index is 12.9. The summed E-state index contributed by atoms with van der Waals surface area (Å²) in [5, 5.41) is 0. The molecule has 2 aliphatic rings. The predicted octanol–water partition coefficient (Wildman–Crippen LogP) is 3.76. The lowest BCUT2D eigenvalue weighted by molar-refractivity contribution is -0.132. The SMILES string of the molecule is COc1ccc(C2CC2C(=O)N2CCN(c3cccc(C)c3C)CC2)cc1. The number of hydrogen-bond donors (Lipinski definition) is 0. The predicted molar refractivity (Wildman–Crippen MR) is 109 cm³/mol. The van der Waals surface area contributed by atoms with Gasteiger partial charge in [0.1, 0.15) is 5.75 Å². The Bertz CT molecular complexity index is 823. The highest BCUT2D eigenvalue weighted by Crippen LogP contribution is 2.48. The maximum Gasteiger partial charge on any atom is 0.226 e. The van der Waals surface area contributed by atoms with Crippen molar-refractivity contribution in [1.82, 2.24) is 4.90 Å². The first kappa shape index (κ1) is 17.9. The van der Waals surface area contributed by atoms with Gasteiger partial charge in [-0.2, -0.15) is 0 Å². The molecular weight excluding hydrogens is 336 g/mol. The molecule has 1 aliphatic carbocycles. The van der Waals surface area contributed by atoms with Gasteiger partial charge in [-0.3, -0.25) is 4.79 Å². The molecule has 4 rings (SSSR count). The van der Waals surface area contributed by atoms with Crippen LogP contribution in [0.3, 0.4) is 0 Å². The topological polar surface area (TPSA) is 32.8 Å². The first-order valence-electron chi connectivity index (χ1n) is 9.82. The largest absolute Gasteiger partial charge is 0.497 e. The summed E-state index contributed by atoms with van der Waals surface area (Å²) in [4.78, 5) is 17.4. The van der Waals surface area contributed by atoms with Crippen molar-refractivity contribution in [2.75, 3.05) is 38.2 Å². The molecule has 2 aromatic rings. The van der Waals surface area contributed by atoms with Gasteiger partial charge in [0.15, 0.2) is 0 Å². The van der Waals surface area contributed by atoms with Crippen molar-refractivity contribution in [3.8, 4) is 5.75 Å². The van der Waals surface area contributed by atoms with Crippen molar-refractivity contribution in [3.05, 3.63) is 59.2 Å². The fourth-order valence-corrected chi connectivity index (χ4v) is 4.17. The third-order valence-electron chi connectivity index (χ3n) is 6.16. The molecule has 2 unspecified atom stereocenters. The molecule has 4 nitrogen and oxygen atoms in total. The number of piperazine rings is 1. The van der Waals surface area contributed by atoms with Gasteiger partial charge in [-0.15, -0.1) is 0 Å². The Labute approximate surface area is 161 Å². The van der Waals surface area contributed by atoms with E-state index in [1.54, 1.807) is 7.11 Å². The molecule has 0 bridgehead atoms. The van der Waals surface area contributed by atoms with Crippen LogP contribution >= 0.6 is 0 Å². The van der Waals surface area contributed by atoms with E-state index >= 15 is 0 Å². The van der Waals surface area contributed by atoms with Gasteiger partial charge in [0.2, 0.25) is 5.91 Å². The number of aryl methyl sites for hydroxylation is 1. The lowest BCUT2D eigenvalue weighted by Gasteiger charge is -2.37. The fraction of sp³-hybridized carbons (Fsp3) is 0.435. The Kier molecular flexibility index (Phi) is 4.81. The second-order valence-electron chi connectivity index (χ2n) is 7.75. The van der Waals surface area contributed by atoms with Crippen molar-refractivity contribution < 1.29 is 9.53 Å². The van der Waals surface area contributed by atoms with Crippen LogP contribution in [0, 0.1) is 19.8 Å². The van der Waals surface area contributed by atoms with Gasteiger partial charge in [0, 0.05) is 37.8 Å². The number of hydrogen-bond acceptors (Lipinski definition) is 3. The molecule has 142 valence electrons. The van der Waals surface area contributed by atoms with E-state index in [2.05, 4.69) is 54.0 Å². The first-order chi connectivity index (χ1) is 13.1. The lowest BCUT2D eigenvalue weighted by Crippen LogP contribution is -2.49. The third-order valence-corrected chi connectivity index (χ3v) is 6.16. The van der Waals surface area contributed by atoms with Crippen molar-refractivity contribution in [3.63, 3.8) is 0 Å². The number of ether oxygens (including phenoxy) is 1. The minimum absolute atomic E-state index is 0.158. The number of carbonyl (C=O) groups is 1. The molecule has 2 fully saturated rings. The second-order valence-corrected chi connectivity index (χ2v) is 7.75. The lowest BCUT2D eigenvalue weighted by atomic mass is 10.1. The van der Waals surface area contributed by atoms with Gasteiger partial charge in [0.25, 0.3) is 0 Å². The summed E-state index contributed by atoms with van der Waals surface area (Å²) in [5.74, 6) is 1.73. The van der Waals surface area contributed by atoms with Crippen LogP contribution in [0.1, 0.15) is 29.0 Å². The van der Waals surface area contributed by atoms with E-state index in [-0.39, 0.29) is 5.92 Å². The number of methoxy groups -OCH3 is 1. The Balaban J connectivity index is 1.34. The molecule has 0 spiro atoms. The molecule has 1 saturated heterocycles. The molecule has 4 heteroatoms. The van der Waals surface area contributed by atoms with Crippen molar-refractivity contribution in [1.29, 1.82) is 0 Å². The molecule has 2 aromatic carbocycles. The second kappa shape index (κ2) is 7.26. The van der Waals surface area contributed by atoms with Gasteiger partial charge in [-0.25, -0.2) is 0 Å². The summed E-state index contributed by atoms with van der Waals surface area (Å²) in [5.41, 5.74) is 5.23. The summed E-state index contributed by atoms with van der Waals surface area (Å²) in [6, 6.07) is 14.6. The van der Waals surface area contributed by atoms with Crippen LogP contribution in [0.4, 0.5) is 5.69 Å². The summed E-state index contributed by atoms with van der Waals surface area (Å²) in [6.45, 7) is 7.80. The Morgan fingerprint density at radius 3 is 2.37 bits per heavy atom. The zero-order valence-corrected chi connectivity index (χ0v) is 16.4. The first-order valence-corrected chi connectivity index (χ1v) is 9.82. The summed E-state index contributed by atoms with van der Waals surface area (Å²) < 4.78 is 5.22. The normalized spacial score (nSPS) is 21.9. The third kappa shape index (κ3) is 3.53. The highest BCUT2D eigenvalue weighted by atomic mass is 16.5. The van der Waals surface area contributed by atoms with E-state index in [0.717, 1.165) is 38.3 Å². The quantitative estimate of drug-likeness (QED) is 0.828. The van der Waals surface area contributed by atoms with E-state index in [1.165, 1.54) is 22.4 Å². The molecule has 1 saturated carbocycles. The van der Waals surface area contributed by atoms with Crippen molar-refractivity contribution in [2.45, 2.75) is 26.2 Å². The number of rotatable bonds is 4. The van der Waals surface area contributed by atoms with Gasteiger partial charge in [-0.05, 0) is 61.1 Å². The van der Waals surface area contributed by atoms with Crippen LogP contribution in [0.2, 0.25) is 0 Å². The molecule has 1 amide bonds. The average Bonchev–Trinajstić information content (AvgIpc) is 3.51. The highest BCUT2D eigenvalue weighted by molar-refractivity contribution is 5.83. The van der Waals surface area contributed by atoms with Crippen LogP contribution in [-0.2, 0) is 4.79 Å². The summed E-state index contributed by atoms with van der Waals surface area (Å²) in [7, 11) is 1.68. The molecule has 2 atom stereocenters. The molecule has 27 heavy (non-hydrogen) atoms. The van der Waals surface area contributed by atoms with Crippen LogP contribution in [0.15, 0.2) is 42.5 Å². The zero-order chi connectivity index (χ0) is 19.0. The van der Waals surface area contributed by atoms with Gasteiger partial charge >= 0.3 is 0 Å². The summed E-state index contributed by atoms with van der Waals surface area (Å²) in [6.07, 6.45) is 0.975. The Morgan fingerprint density at radius 2 is 1.70 bits per heavy atom. The number of carbonyl (C=O) groups excluding carboxylic acids is 1. The molecule has 1 aliphatic heterocycles. The van der Waals surface area contributed by atoms with E-state index < -0.39 is 0 Å². The molecule has 0 radical (unpaired) electrons. The van der Waals surface area contributed by atoms with Gasteiger partial charge in [-0.1, -0.05) is 24.3 Å². The van der Waals surface area contributed by atoms with E-state index in [0.29, 0.717) is 11.8 Å². The zero-order valence-electron chi connectivity index (χ0n) is 16.4. The van der Waals surface area contributed by atoms with Crippen LogP contribution in [0.5, 0.6) is 5.75 Å². The fourth-order valence-electron chi connectivity index (χ4n) is 4.17. The Hall–Kier alpha value is -2.49. The standard InChI is InChI=1S/C23H28N2O2/c1-16-5-4-6-22(17(16)2)24-11-13-25(14-12-24)23(26)21-15-20(21)18-7-9-19(27-3)10-8-18/h4-10,20-21H,11-15H2,1-3H3. The van der Waals surface area contributed by atoms with E-state index in [9.17, 15) is 4.79 Å². The monoisotopic (exact) mass is 364 g/mol. The summed E-state index contributed by atoms with van der Waals surface area (Å²) >= 11 is 0. The van der Waals surface area contributed by atoms with Crippen LogP contribution in [0.25, 0.3) is 0 Å². The van der Waals surface area contributed by atoms with Crippen LogP contribution < -0.4 is 9.64 Å². The highest BCUT2D eigenvalue weighted by Gasteiger charge is 2.46. The smallest absolute Gasteiger partial charge is 0.226 e. The van der Waals surface area contributed by atoms with Gasteiger partial charge in [0.05, 0.1) is 7.11 Å². The number of nitrogens with zero attached hydrogens (tertiary/aromatic N) is 2. The van der Waals surface area contributed by atoms with Crippen molar-refractivity contribution in [2.24, 2.45) is 5.92 Å².